The maximum atomic E-state index is 13.8. The molecule has 1 saturated heterocycles. The first-order valence-corrected chi connectivity index (χ1v) is 14.6. The SMILES string of the molecule is COc1cccc(/C=C2/SC(=Nc3ccc(C)cc3)N(C3CCCCC3)C2=O)c1OCc1ccc(Cl)c(Cl)c1. The predicted molar refractivity (Wildman–Crippen MR) is 161 cm³/mol. The van der Waals surface area contributed by atoms with E-state index in [1.807, 2.05) is 59.5 Å². The van der Waals surface area contributed by atoms with Crippen molar-refractivity contribution in [3.05, 3.63) is 92.3 Å². The molecule has 1 heterocycles. The van der Waals surface area contributed by atoms with Crippen LogP contribution in [0.4, 0.5) is 5.69 Å². The van der Waals surface area contributed by atoms with Crippen molar-refractivity contribution < 1.29 is 14.3 Å². The fourth-order valence-electron chi connectivity index (χ4n) is 4.84. The second-order valence-corrected chi connectivity index (χ2v) is 11.5. The van der Waals surface area contributed by atoms with Crippen LogP contribution >= 0.6 is 35.0 Å². The van der Waals surface area contributed by atoms with Crippen molar-refractivity contribution in [2.75, 3.05) is 7.11 Å². The Balaban J connectivity index is 1.48. The van der Waals surface area contributed by atoms with Crippen LogP contribution in [0, 0.1) is 6.92 Å². The number of amidine groups is 1. The van der Waals surface area contributed by atoms with Gasteiger partial charge in [-0.25, -0.2) is 4.99 Å². The Morgan fingerprint density at radius 2 is 1.79 bits per heavy atom. The van der Waals surface area contributed by atoms with Gasteiger partial charge in [-0.2, -0.15) is 0 Å². The van der Waals surface area contributed by atoms with E-state index in [2.05, 4.69) is 6.92 Å². The van der Waals surface area contributed by atoms with Crippen molar-refractivity contribution in [2.45, 2.75) is 51.7 Å². The molecular weight excluding hydrogens is 551 g/mol. The van der Waals surface area contributed by atoms with Crippen LogP contribution in [0.3, 0.4) is 0 Å². The highest BCUT2D eigenvalue weighted by molar-refractivity contribution is 8.18. The van der Waals surface area contributed by atoms with Crippen molar-refractivity contribution in [3.63, 3.8) is 0 Å². The second-order valence-electron chi connectivity index (χ2n) is 9.72. The van der Waals surface area contributed by atoms with Gasteiger partial charge in [-0.05, 0) is 73.5 Å². The molecule has 0 radical (unpaired) electrons. The summed E-state index contributed by atoms with van der Waals surface area (Å²) in [6.07, 6.45) is 7.32. The van der Waals surface area contributed by atoms with Gasteiger partial charge in [0.25, 0.3) is 5.91 Å². The number of methoxy groups -OCH3 is 1. The molecular formula is C31H30Cl2N2O3S. The Morgan fingerprint density at radius 1 is 1.03 bits per heavy atom. The van der Waals surface area contributed by atoms with E-state index in [9.17, 15) is 4.79 Å². The van der Waals surface area contributed by atoms with E-state index in [1.54, 1.807) is 19.2 Å². The second kappa shape index (κ2) is 12.5. The first-order valence-electron chi connectivity index (χ1n) is 13.0. The summed E-state index contributed by atoms with van der Waals surface area (Å²) in [6.45, 7) is 2.32. The minimum atomic E-state index is -0.0176. The quantitative estimate of drug-likeness (QED) is 0.262. The van der Waals surface area contributed by atoms with E-state index in [1.165, 1.54) is 23.7 Å². The minimum Gasteiger partial charge on any atom is -0.493 e. The van der Waals surface area contributed by atoms with E-state index < -0.39 is 0 Å². The van der Waals surface area contributed by atoms with Crippen LogP contribution in [-0.4, -0.2) is 29.1 Å². The fourth-order valence-corrected chi connectivity index (χ4v) is 6.21. The number of aliphatic imine (C=N–C) groups is 1. The number of carbonyl (C=O) groups is 1. The van der Waals surface area contributed by atoms with Gasteiger partial charge < -0.3 is 9.47 Å². The molecule has 2 aliphatic rings. The zero-order valence-corrected chi connectivity index (χ0v) is 24.3. The van der Waals surface area contributed by atoms with Crippen LogP contribution < -0.4 is 9.47 Å². The van der Waals surface area contributed by atoms with Gasteiger partial charge in [0.15, 0.2) is 16.7 Å². The standard InChI is InChI=1S/C31H30Cl2N2O3S/c1-20-11-14-23(15-12-20)34-31-35(24-8-4-3-5-9-24)30(36)28(39-31)18-22-7-6-10-27(37-2)29(22)38-19-21-13-16-25(32)26(33)17-21/h6-7,10-18,24H,3-5,8-9,19H2,1-2H3/b28-18+,34-31?. The molecule has 5 nitrogen and oxygen atoms in total. The van der Waals surface area contributed by atoms with E-state index in [0.29, 0.717) is 26.4 Å². The van der Waals surface area contributed by atoms with Gasteiger partial charge in [0.1, 0.15) is 6.61 Å². The highest BCUT2D eigenvalue weighted by Gasteiger charge is 2.39. The highest BCUT2D eigenvalue weighted by Crippen LogP contribution is 2.41. The Kier molecular flexibility index (Phi) is 8.85. The van der Waals surface area contributed by atoms with Crippen LogP contribution in [0.2, 0.25) is 10.0 Å². The molecule has 0 spiro atoms. The zero-order valence-electron chi connectivity index (χ0n) is 22.0. The van der Waals surface area contributed by atoms with Crippen molar-refractivity contribution in [1.29, 1.82) is 0 Å². The molecule has 39 heavy (non-hydrogen) atoms. The Hall–Kier alpha value is -2.93. The van der Waals surface area contributed by atoms with Gasteiger partial charge >= 0.3 is 0 Å². The number of halogens is 2. The van der Waals surface area contributed by atoms with Crippen LogP contribution in [-0.2, 0) is 11.4 Å². The number of thioether (sulfide) groups is 1. The maximum absolute atomic E-state index is 13.8. The predicted octanol–water partition coefficient (Wildman–Crippen LogP) is 8.83. The van der Waals surface area contributed by atoms with Crippen LogP contribution in [0.25, 0.3) is 6.08 Å². The lowest BCUT2D eigenvalue weighted by molar-refractivity contribution is -0.124. The molecule has 3 aromatic rings. The Labute approximate surface area is 243 Å². The molecule has 2 fully saturated rings. The number of benzene rings is 3. The lowest BCUT2D eigenvalue weighted by atomic mass is 9.94. The number of amides is 1. The van der Waals surface area contributed by atoms with Crippen molar-refractivity contribution in [2.24, 2.45) is 4.99 Å². The largest absolute Gasteiger partial charge is 0.493 e. The van der Waals surface area contributed by atoms with Gasteiger partial charge in [0.05, 0.1) is 27.7 Å². The molecule has 1 aliphatic carbocycles. The molecule has 0 N–H and O–H groups in total. The molecule has 0 unspecified atom stereocenters. The zero-order chi connectivity index (χ0) is 27.4. The van der Waals surface area contributed by atoms with E-state index in [-0.39, 0.29) is 18.6 Å². The molecule has 202 valence electrons. The number of para-hydroxylation sites is 1. The monoisotopic (exact) mass is 580 g/mol. The first kappa shape index (κ1) is 27.6. The summed E-state index contributed by atoms with van der Waals surface area (Å²) in [6, 6.07) is 19.3. The summed E-state index contributed by atoms with van der Waals surface area (Å²) in [7, 11) is 1.60. The molecule has 0 aromatic heterocycles. The van der Waals surface area contributed by atoms with Gasteiger partial charge in [-0.3, -0.25) is 9.69 Å². The average Bonchev–Trinajstić information content (AvgIpc) is 3.25. The molecule has 0 atom stereocenters. The number of rotatable bonds is 7. The molecule has 3 aromatic carbocycles. The van der Waals surface area contributed by atoms with Crippen LogP contribution in [0.5, 0.6) is 11.5 Å². The van der Waals surface area contributed by atoms with Gasteiger partial charge in [-0.15, -0.1) is 0 Å². The smallest absolute Gasteiger partial charge is 0.267 e. The fraction of sp³-hybridized carbons (Fsp3) is 0.290. The lowest BCUT2D eigenvalue weighted by Crippen LogP contribution is -2.40. The molecule has 1 aliphatic heterocycles. The van der Waals surface area contributed by atoms with Crippen LogP contribution in [0.15, 0.2) is 70.6 Å². The van der Waals surface area contributed by atoms with E-state index >= 15 is 0 Å². The van der Waals surface area contributed by atoms with Gasteiger partial charge in [0, 0.05) is 11.6 Å². The molecule has 8 heteroatoms. The third-order valence-electron chi connectivity index (χ3n) is 6.92. The molecule has 1 amide bonds. The van der Waals surface area contributed by atoms with Gasteiger partial charge in [0.2, 0.25) is 0 Å². The Bertz CT molecular complexity index is 1420. The van der Waals surface area contributed by atoms with Crippen molar-refractivity contribution >= 4 is 57.8 Å². The summed E-state index contributed by atoms with van der Waals surface area (Å²) < 4.78 is 11.8. The third kappa shape index (κ3) is 6.46. The molecule has 0 bridgehead atoms. The van der Waals surface area contributed by atoms with Gasteiger partial charge in [-0.1, -0.05) is 78.4 Å². The van der Waals surface area contributed by atoms with E-state index in [4.69, 9.17) is 37.7 Å². The first-order chi connectivity index (χ1) is 18.9. The number of aryl methyl sites for hydroxylation is 1. The highest BCUT2D eigenvalue weighted by atomic mass is 35.5. The summed E-state index contributed by atoms with van der Waals surface area (Å²) in [5.74, 6) is 1.12. The summed E-state index contributed by atoms with van der Waals surface area (Å²) in [5.41, 5.74) is 3.64. The summed E-state index contributed by atoms with van der Waals surface area (Å²) in [4.78, 5) is 21.3. The summed E-state index contributed by atoms with van der Waals surface area (Å²) in [5, 5.41) is 1.69. The third-order valence-corrected chi connectivity index (χ3v) is 8.64. The number of ether oxygens (including phenoxy) is 2. The number of carbonyl (C=O) groups excluding carboxylic acids is 1. The maximum Gasteiger partial charge on any atom is 0.267 e. The summed E-state index contributed by atoms with van der Waals surface area (Å²) >= 11 is 13.7. The van der Waals surface area contributed by atoms with Crippen molar-refractivity contribution in [3.8, 4) is 11.5 Å². The van der Waals surface area contributed by atoms with E-state index in [0.717, 1.165) is 47.7 Å². The average molecular weight is 582 g/mol. The topological polar surface area (TPSA) is 51.1 Å². The van der Waals surface area contributed by atoms with Crippen molar-refractivity contribution in [1.82, 2.24) is 4.90 Å². The lowest BCUT2D eigenvalue weighted by Gasteiger charge is -2.30. The minimum absolute atomic E-state index is 0.0176. The number of nitrogens with zero attached hydrogens (tertiary/aromatic N) is 2. The molecule has 1 saturated carbocycles. The number of hydrogen-bond acceptors (Lipinski definition) is 5. The number of hydrogen-bond donors (Lipinski definition) is 0. The molecule has 5 rings (SSSR count). The normalized spacial score (nSPS) is 18.3. The Morgan fingerprint density at radius 3 is 2.51 bits per heavy atom. The van der Waals surface area contributed by atoms with Crippen LogP contribution in [0.1, 0.15) is 48.8 Å².